The van der Waals surface area contributed by atoms with Crippen LogP contribution in [0.25, 0.3) is 17.1 Å². The predicted octanol–water partition coefficient (Wildman–Crippen LogP) is 3.33. The monoisotopic (exact) mass is 381 g/mol. The van der Waals surface area contributed by atoms with E-state index >= 15 is 0 Å². The summed E-state index contributed by atoms with van der Waals surface area (Å²) in [7, 11) is 0. The Labute approximate surface area is 162 Å². The van der Waals surface area contributed by atoms with E-state index in [1.807, 2.05) is 41.2 Å². The molecule has 3 heterocycles. The second kappa shape index (κ2) is 7.03. The summed E-state index contributed by atoms with van der Waals surface area (Å²) in [6.45, 7) is 3.21. The molecule has 1 saturated carbocycles. The lowest BCUT2D eigenvalue weighted by atomic mass is 9.90. The standard InChI is InChI=1S/C20H23N5O3/c1-14-22-23-19(28-14)15-3-2-4-17(13-15)25-10-7-18(24-25)21-16-5-8-20(9-6-16)26-11-12-27-20/h2-4,7,10,13,16H,5-6,8-9,11-12H2,1H3,(H,21,24). The predicted molar refractivity (Wildman–Crippen MR) is 102 cm³/mol. The highest BCUT2D eigenvalue weighted by molar-refractivity contribution is 5.57. The van der Waals surface area contributed by atoms with Gasteiger partial charge in [0.05, 0.1) is 18.9 Å². The van der Waals surface area contributed by atoms with Crippen molar-refractivity contribution in [3.63, 3.8) is 0 Å². The molecule has 0 bridgehead atoms. The first-order valence-electron chi connectivity index (χ1n) is 9.70. The molecule has 1 N–H and O–H groups in total. The fourth-order valence-corrected chi connectivity index (χ4v) is 3.94. The smallest absolute Gasteiger partial charge is 0.247 e. The molecule has 2 aliphatic rings. The van der Waals surface area contributed by atoms with Gasteiger partial charge in [0, 0.05) is 43.6 Å². The molecule has 1 spiro atoms. The first-order chi connectivity index (χ1) is 13.7. The molecule has 3 aromatic rings. The van der Waals surface area contributed by atoms with Crippen molar-refractivity contribution in [3.8, 4) is 17.1 Å². The fourth-order valence-electron chi connectivity index (χ4n) is 3.94. The summed E-state index contributed by atoms with van der Waals surface area (Å²) < 4.78 is 19.0. The molecule has 8 nitrogen and oxygen atoms in total. The number of anilines is 1. The number of aromatic nitrogens is 4. The van der Waals surface area contributed by atoms with E-state index in [0.29, 0.717) is 31.0 Å². The Morgan fingerprint density at radius 3 is 2.68 bits per heavy atom. The highest BCUT2D eigenvalue weighted by Crippen LogP contribution is 2.36. The van der Waals surface area contributed by atoms with E-state index in [-0.39, 0.29) is 5.79 Å². The van der Waals surface area contributed by atoms with Crippen molar-refractivity contribution in [2.75, 3.05) is 18.5 Å². The third kappa shape index (κ3) is 3.41. The minimum absolute atomic E-state index is 0.328. The lowest BCUT2D eigenvalue weighted by Crippen LogP contribution is -2.39. The van der Waals surface area contributed by atoms with Crippen LogP contribution in [0.2, 0.25) is 0 Å². The van der Waals surface area contributed by atoms with Gasteiger partial charge < -0.3 is 19.2 Å². The van der Waals surface area contributed by atoms with Crippen LogP contribution in [0.15, 0.2) is 40.9 Å². The molecular weight excluding hydrogens is 358 g/mol. The van der Waals surface area contributed by atoms with Crippen molar-refractivity contribution >= 4 is 5.82 Å². The van der Waals surface area contributed by atoms with Crippen molar-refractivity contribution in [1.82, 2.24) is 20.0 Å². The third-order valence-corrected chi connectivity index (χ3v) is 5.39. The molecule has 1 aliphatic carbocycles. The number of rotatable bonds is 4. The van der Waals surface area contributed by atoms with Crippen molar-refractivity contribution in [2.45, 2.75) is 44.4 Å². The molecule has 2 fully saturated rings. The van der Waals surface area contributed by atoms with Crippen LogP contribution in [-0.2, 0) is 9.47 Å². The number of benzene rings is 1. The Morgan fingerprint density at radius 2 is 1.93 bits per heavy atom. The SMILES string of the molecule is Cc1nnc(-c2cccc(-n3ccc(NC4CCC5(CC4)OCCO5)n3)c2)o1. The summed E-state index contributed by atoms with van der Waals surface area (Å²) in [5.74, 6) is 1.60. The van der Waals surface area contributed by atoms with Gasteiger partial charge >= 0.3 is 0 Å². The summed E-state index contributed by atoms with van der Waals surface area (Å²) >= 11 is 0. The van der Waals surface area contributed by atoms with Crippen molar-refractivity contribution in [3.05, 3.63) is 42.4 Å². The van der Waals surface area contributed by atoms with Gasteiger partial charge in [-0.3, -0.25) is 0 Å². The summed E-state index contributed by atoms with van der Waals surface area (Å²) in [5, 5.41) is 16.2. The second-order valence-corrected chi connectivity index (χ2v) is 7.35. The number of ether oxygens (including phenoxy) is 2. The summed E-state index contributed by atoms with van der Waals surface area (Å²) in [5.41, 5.74) is 1.81. The van der Waals surface area contributed by atoms with Crippen LogP contribution in [0, 0.1) is 6.92 Å². The molecule has 1 aliphatic heterocycles. The lowest BCUT2D eigenvalue weighted by Gasteiger charge is -2.35. The van der Waals surface area contributed by atoms with Gasteiger partial charge in [-0.2, -0.15) is 5.10 Å². The highest BCUT2D eigenvalue weighted by Gasteiger charge is 2.40. The Bertz CT molecular complexity index is 950. The topological polar surface area (TPSA) is 87.2 Å². The molecule has 2 aromatic heterocycles. The van der Waals surface area contributed by atoms with Crippen LogP contribution in [0.1, 0.15) is 31.6 Å². The van der Waals surface area contributed by atoms with E-state index in [0.717, 1.165) is 42.8 Å². The maximum absolute atomic E-state index is 5.80. The summed E-state index contributed by atoms with van der Waals surface area (Å²) in [6.07, 6.45) is 5.83. The quantitative estimate of drug-likeness (QED) is 0.742. The number of nitrogens with one attached hydrogen (secondary N) is 1. The number of nitrogens with zero attached hydrogens (tertiary/aromatic N) is 4. The largest absolute Gasteiger partial charge is 0.421 e. The van der Waals surface area contributed by atoms with Gasteiger partial charge in [-0.15, -0.1) is 10.2 Å². The third-order valence-electron chi connectivity index (χ3n) is 5.39. The van der Waals surface area contributed by atoms with E-state index in [1.54, 1.807) is 6.92 Å². The zero-order valence-electron chi connectivity index (χ0n) is 15.8. The Balaban J connectivity index is 1.26. The Kier molecular flexibility index (Phi) is 4.37. The zero-order chi connectivity index (χ0) is 19.0. The van der Waals surface area contributed by atoms with Gasteiger partial charge in [0.15, 0.2) is 5.79 Å². The second-order valence-electron chi connectivity index (χ2n) is 7.35. The number of hydrogen-bond acceptors (Lipinski definition) is 7. The van der Waals surface area contributed by atoms with Crippen molar-refractivity contribution in [1.29, 1.82) is 0 Å². The lowest BCUT2D eigenvalue weighted by molar-refractivity contribution is -0.177. The fraction of sp³-hybridized carbons (Fsp3) is 0.450. The molecule has 0 atom stereocenters. The minimum Gasteiger partial charge on any atom is -0.421 e. The Morgan fingerprint density at radius 1 is 1.11 bits per heavy atom. The molecule has 0 radical (unpaired) electrons. The van der Waals surface area contributed by atoms with Gasteiger partial charge in [-0.25, -0.2) is 4.68 Å². The van der Waals surface area contributed by atoms with Crippen LogP contribution in [0.4, 0.5) is 5.82 Å². The van der Waals surface area contributed by atoms with Crippen molar-refractivity contribution < 1.29 is 13.9 Å². The van der Waals surface area contributed by atoms with Gasteiger partial charge in [0.2, 0.25) is 11.8 Å². The molecule has 1 saturated heterocycles. The van der Waals surface area contributed by atoms with Gasteiger partial charge in [-0.1, -0.05) is 6.07 Å². The minimum atomic E-state index is -0.328. The van der Waals surface area contributed by atoms with Crippen LogP contribution < -0.4 is 5.32 Å². The normalized spacial score (nSPS) is 19.3. The van der Waals surface area contributed by atoms with Gasteiger partial charge in [-0.05, 0) is 31.0 Å². The average Bonchev–Trinajstić information content (AvgIpc) is 3.46. The first-order valence-corrected chi connectivity index (χ1v) is 9.70. The van der Waals surface area contributed by atoms with E-state index in [4.69, 9.17) is 13.9 Å². The first kappa shape index (κ1) is 17.4. The molecule has 1 aromatic carbocycles. The summed E-state index contributed by atoms with van der Waals surface area (Å²) in [4.78, 5) is 0. The van der Waals surface area contributed by atoms with E-state index in [1.165, 1.54) is 0 Å². The Hall–Kier alpha value is -2.71. The van der Waals surface area contributed by atoms with Crippen LogP contribution in [0.3, 0.4) is 0 Å². The summed E-state index contributed by atoms with van der Waals surface area (Å²) in [6, 6.07) is 10.3. The molecule has 0 unspecified atom stereocenters. The number of hydrogen-bond donors (Lipinski definition) is 1. The molecular formula is C20H23N5O3. The molecule has 28 heavy (non-hydrogen) atoms. The molecule has 8 heteroatoms. The molecule has 0 amide bonds. The van der Waals surface area contributed by atoms with Crippen LogP contribution in [0.5, 0.6) is 0 Å². The molecule has 5 rings (SSSR count). The van der Waals surface area contributed by atoms with Gasteiger partial charge in [0.25, 0.3) is 0 Å². The van der Waals surface area contributed by atoms with Crippen molar-refractivity contribution in [2.24, 2.45) is 0 Å². The number of aryl methyl sites for hydroxylation is 1. The van der Waals surface area contributed by atoms with E-state index < -0.39 is 0 Å². The van der Waals surface area contributed by atoms with E-state index in [2.05, 4.69) is 20.6 Å². The average molecular weight is 381 g/mol. The molecule has 146 valence electrons. The van der Waals surface area contributed by atoms with Gasteiger partial charge in [0.1, 0.15) is 5.82 Å². The maximum Gasteiger partial charge on any atom is 0.247 e. The highest BCUT2D eigenvalue weighted by atomic mass is 16.7. The van der Waals surface area contributed by atoms with Crippen LogP contribution >= 0.6 is 0 Å². The van der Waals surface area contributed by atoms with Crippen LogP contribution in [-0.4, -0.2) is 45.0 Å². The maximum atomic E-state index is 5.80. The zero-order valence-corrected chi connectivity index (χ0v) is 15.8. The van der Waals surface area contributed by atoms with E-state index in [9.17, 15) is 0 Å².